The molecule has 0 saturated carbocycles. The molecule has 0 spiro atoms. The molecule has 0 aliphatic heterocycles. The van der Waals surface area contributed by atoms with Crippen molar-refractivity contribution in [3.8, 4) is 11.4 Å². The summed E-state index contributed by atoms with van der Waals surface area (Å²) < 4.78 is 0. The highest BCUT2D eigenvalue weighted by Gasteiger charge is 2.06. The molecule has 68 valence electrons. The summed E-state index contributed by atoms with van der Waals surface area (Å²) in [5.74, 6) is 0.794. The van der Waals surface area contributed by atoms with Crippen molar-refractivity contribution in [3.05, 3.63) is 36.8 Å². The highest BCUT2D eigenvalue weighted by molar-refractivity contribution is 5.93. The van der Waals surface area contributed by atoms with E-state index in [2.05, 4.69) is 26.2 Å². The van der Waals surface area contributed by atoms with Gasteiger partial charge in [0.15, 0.2) is 5.82 Å². The Morgan fingerprint density at radius 2 is 2.07 bits per heavy atom. The molecule has 0 fully saturated rings. The lowest BCUT2D eigenvalue weighted by molar-refractivity contribution is 1.10. The van der Waals surface area contributed by atoms with Crippen LogP contribution in [0.25, 0.3) is 22.3 Å². The summed E-state index contributed by atoms with van der Waals surface area (Å²) in [5.41, 5.74) is 2.16. The van der Waals surface area contributed by atoms with E-state index in [0.29, 0.717) is 0 Å². The molecule has 14 heavy (non-hydrogen) atoms. The number of hydrogen-bond donors (Lipinski definition) is 2. The molecular weight excluding hydrogens is 176 g/mol. The van der Waals surface area contributed by atoms with E-state index in [1.165, 1.54) is 6.33 Å². The lowest BCUT2D eigenvalue weighted by Crippen LogP contribution is -1.77. The molecule has 2 heterocycles. The van der Waals surface area contributed by atoms with Gasteiger partial charge in [0.05, 0.1) is 0 Å². The number of H-pyrrole nitrogens is 2. The molecule has 0 bridgehead atoms. The van der Waals surface area contributed by atoms with Crippen molar-refractivity contribution in [1.82, 2.24) is 20.2 Å². The summed E-state index contributed by atoms with van der Waals surface area (Å²) >= 11 is 0. The van der Waals surface area contributed by atoms with Crippen molar-refractivity contribution >= 4 is 10.9 Å². The Balaban J connectivity index is 2.33. The number of fused-ring (bicyclic) bond motifs is 1. The lowest BCUT2D eigenvalue weighted by Gasteiger charge is -1.91. The Morgan fingerprint density at radius 3 is 2.93 bits per heavy atom. The van der Waals surface area contributed by atoms with E-state index in [4.69, 9.17) is 0 Å². The molecular formula is C10H8N4. The van der Waals surface area contributed by atoms with E-state index in [1.807, 2.05) is 24.4 Å². The highest BCUT2D eigenvalue weighted by atomic mass is 15.2. The lowest BCUT2D eigenvalue weighted by atomic mass is 10.2. The topological polar surface area (TPSA) is 57.4 Å². The minimum absolute atomic E-state index is 0.794. The third-order valence-electron chi connectivity index (χ3n) is 2.26. The molecule has 0 saturated heterocycles. The van der Waals surface area contributed by atoms with Crippen LogP contribution < -0.4 is 0 Å². The van der Waals surface area contributed by atoms with Gasteiger partial charge in [-0.15, -0.1) is 0 Å². The first kappa shape index (κ1) is 7.32. The molecule has 3 rings (SSSR count). The Bertz CT molecular complexity index is 550. The summed E-state index contributed by atoms with van der Waals surface area (Å²) in [4.78, 5) is 7.31. The SMILES string of the molecule is c1ccc2c(-c3ncn[nH]3)c[nH]c2c1. The van der Waals surface area contributed by atoms with Crippen LogP contribution in [0.3, 0.4) is 0 Å². The van der Waals surface area contributed by atoms with Crippen LogP contribution in [0.15, 0.2) is 36.8 Å². The van der Waals surface area contributed by atoms with Gasteiger partial charge in [-0.3, -0.25) is 5.10 Å². The third-order valence-corrected chi connectivity index (χ3v) is 2.26. The summed E-state index contributed by atoms with van der Waals surface area (Å²) in [7, 11) is 0. The van der Waals surface area contributed by atoms with Gasteiger partial charge in [0.25, 0.3) is 0 Å². The minimum Gasteiger partial charge on any atom is -0.360 e. The number of aromatic nitrogens is 4. The Labute approximate surface area is 80.0 Å². The van der Waals surface area contributed by atoms with Gasteiger partial charge in [-0.1, -0.05) is 18.2 Å². The van der Waals surface area contributed by atoms with E-state index in [-0.39, 0.29) is 0 Å². The second-order valence-electron chi connectivity index (χ2n) is 3.08. The maximum atomic E-state index is 4.12. The third kappa shape index (κ3) is 0.939. The highest BCUT2D eigenvalue weighted by Crippen LogP contribution is 2.24. The van der Waals surface area contributed by atoms with Gasteiger partial charge in [-0.2, -0.15) is 5.10 Å². The van der Waals surface area contributed by atoms with Crippen LogP contribution in [-0.2, 0) is 0 Å². The van der Waals surface area contributed by atoms with Crippen LogP contribution in [0.4, 0.5) is 0 Å². The number of rotatable bonds is 1. The first-order valence-electron chi connectivity index (χ1n) is 4.37. The predicted octanol–water partition coefficient (Wildman–Crippen LogP) is 1.95. The molecule has 0 amide bonds. The molecule has 3 aromatic rings. The van der Waals surface area contributed by atoms with Crippen molar-refractivity contribution in [3.63, 3.8) is 0 Å². The van der Waals surface area contributed by atoms with Crippen LogP contribution in [0.1, 0.15) is 0 Å². The monoisotopic (exact) mass is 184 g/mol. The van der Waals surface area contributed by atoms with Crippen molar-refractivity contribution in [2.45, 2.75) is 0 Å². The minimum atomic E-state index is 0.794. The van der Waals surface area contributed by atoms with Crippen LogP contribution in [0, 0.1) is 0 Å². The number of aromatic amines is 2. The molecule has 2 N–H and O–H groups in total. The largest absolute Gasteiger partial charge is 0.360 e. The summed E-state index contributed by atoms with van der Waals surface area (Å²) in [5, 5.41) is 7.84. The molecule has 0 atom stereocenters. The van der Waals surface area contributed by atoms with Crippen LogP contribution in [0.2, 0.25) is 0 Å². The maximum absolute atomic E-state index is 4.12. The number of benzene rings is 1. The van der Waals surface area contributed by atoms with Gasteiger partial charge in [-0.05, 0) is 6.07 Å². The molecule has 4 heteroatoms. The Hall–Kier alpha value is -2.10. The molecule has 0 aliphatic rings. The van der Waals surface area contributed by atoms with Gasteiger partial charge in [-0.25, -0.2) is 4.98 Å². The van der Waals surface area contributed by atoms with E-state index in [0.717, 1.165) is 22.3 Å². The first-order valence-corrected chi connectivity index (χ1v) is 4.37. The zero-order valence-corrected chi connectivity index (χ0v) is 7.36. The van der Waals surface area contributed by atoms with Crippen molar-refractivity contribution < 1.29 is 0 Å². The number of para-hydroxylation sites is 1. The Kier molecular flexibility index (Phi) is 1.41. The van der Waals surface area contributed by atoms with E-state index < -0.39 is 0 Å². The van der Waals surface area contributed by atoms with Gasteiger partial charge in [0.2, 0.25) is 0 Å². The quantitative estimate of drug-likeness (QED) is 0.607. The second-order valence-corrected chi connectivity index (χ2v) is 3.08. The van der Waals surface area contributed by atoms with Crippen LogP contribution >= 0.6 is 0 Å². The van der Waals surface area contributed by atoms with Gasteiger partial charge < -0.3 is 4.98 Å². The van der Waals surface area contributed by atoms with Gasteiger partial charge in [0.1, 0.15) is 6.33 Å². The summed E-state index contributed by atoms with van der Waals surface area (Å²) in [6.45, 7) is 0. The van der Waals surface area contributed by atoms with E-state index >= 15 is 0 Å². The molecule has 4 nitrogen and oxygen atoms in total. The normalized spacial score (nSPS) is 10.9. The zero-order valence-electron chi connectivity index (χ0n) is 7.36. The zero-order chi connectivity index (χ0) is 9.38. The maximum Gasteiger partial charge on any atom is 0.157 e. The predicted molar refractivity (Wildman–Crippen MR) is 53.7 cm³/mol. The van der Waals surface area contributed by atoms with Crippen molar-refractivity contribution in [2.75, 3.05) is 0 Å². The molecule has 0 unspecified atom stereocenters. The smallest absolute Gasteiger partial charge is 0.157 e. The fraction of sp³-hybridized carbons (Fsp3) is 0. The van der Waals surface area contributed by atoms with Crippen LogP contribution in [0.5, 0.6) is 0 Å². The number of hydrogen-bond acceptors (Lipinski definition) is 2. The molecule has 2 aromatic heterocycles. The summed E-state index contributed by atoms with van der Waals surface area (Å²) in [6, 6.07) is 8.11. The van der Waals surface area contributed by atoms with Crippen LogP contribution in [-0.4, -0.2) is 20.2 Å². The van der Waals surface area contributed by atoms with Gasteiger partial charge in [0, 0.05) is 22.7 Å². The average Bonchev–Trinajstić information content (AvgIpc) is 2.85. The fourth-order valence-electron chi connectivity index (χ4n) is 1.60. The van der Waals surface area contributed by atoms with Crippen molar-refractivity contribution in [2.24, 2.45) is 0 Å². The van der Waals surface area contributed by atoms with Crippen molar-refractivity contribution in [1.29, 1.82) is 0 Å². The fourth-order valence-corrected chi connectivity index (χ4v) is 1.60. The first-order chi connectivity index (χ1) is 6.95. The number of nitrogens with one attached hydrogen (secondary N) is 2. The second kappa shape index (κ2) is 2.70. The van der Waals surface area contributed by atoms with E-state index in [1.54, 1.807) is 0 Å². The number of nitrogens with zero attached hydrogens (tertiary/aromatic N) is 2. The molecule has 0 radical (unpaired) electrons. The van der Waals surface area contributed by atoms with E-state index in [9.17, 15) is 0 Å². The Morgan fingerprint density at radius 1 is 1.14 bits per heavy atom. The standard InChI is InChI=1S/C10H8N4/c1-2-4-9-7(3-1)8(5-11-9)10-12-6-13-14-10/h1-6,11H,(H,12,13,14). The molecule has 0 aliphatic carbocycles. The average molecular weight is 184 g/mol. The molecule has 1 aromatic carbocycles. The summed E-state index contributed by atoms with van der Waals surface area (Å²) in [6.07, 6.45) is 3.45. The van der Waals surface area contributed by atoms with Gasteiger partial charge >= 0.3 is 0 Å².